The van der Waals surface area contributed by atoms with Crippen LogP contribution in [0.2, 0.25) is 0 Å². The first-order chi connectivity index (χ1) is 9.88. The van der Waals surface area contributed by atoms with Gasteiger partial charge in [0.25, 0.3) is 5.91 Å². The fourth-order valence-corrected chi connectivity index (χ4v) is 2.13. The van der Waals surface area contributed by atoms with Crippen molar-refractivity contribution in [2.45, 2.75) is 6.92 Å². The third-order valence-corrected chi connectivity index (χ3v) is 3.39. The molecule has 1 amide bonds. The number of aryl methyl sites for hydroxylation is 1. The number of carboxylic acids is 1. The Kier molecular flexibility index (Phi) is 4.37. The number of carbonyl (C=O) groups excluding carboxylic acids is 1. The number of anilines is 1. The van der Waals surface area contributed by atoms with E-state index in [9.17, 15) is 14.0 Å². The van der Waals surface area contributed by atoms with Gasteiger partial charge in [0, 0.05) is 10.2 Å². The molecule has 0 atom stereocenters. The van der Waals surface area contributed by atoms with E-state index >= 15 is 0 Å². The minimum Gasteiger partial charge on any atom is -0.478 e. The van der Waals surface area contributed by atoms with Crippen LogP contribution in [0.3, 0.4) is 0 Å². The van der Waals surface area contributed by atoms with Gasteiger partial charge in [0.15, 0.2) is 0 Å². The summed E-state index contributed by atoms with van der Waals surface area (Å²) in [5, 5.41) is 11.4. The normalized spacial score (nSPS) is 10.2. The molecule has 108 valence electrons. The number of hydrogen-bond acceptors (Lipinski definition) is 2. The van der Waals surface area contributed by atoms with E-state index in [1.54, 1.807) is 13.0 Å². The van der Waals surface area contributed by atoms with E-state index in [2.05, 4.69) is 21.2 Å². The van der Waals surface area contributed by atoms with Gasteiger partial charge in [-0.3, -0.25) is 4.79 Å². The van der Waals surface area contributed by atoms with Crippen LogP contribution >= 0.6 is 15.9 Å². The van der Waals surface area contributed by atoms with Gasteiger partial charge in [-0.25, -0.2) is 9.18 Å². The van der Waals surface area contributed by atoms with Crippen LogP contribution in [0.5, 0.6) is 0 Å². The summed E-state index contributed by atoms with van der Waals surface area (Å²) in [7, 11) is 0. The largest absolute Gasteiger partial charge is 0.478 e. The first-order valence-electron chi connectivity index (χ1n) is 5.99. The Morgan fingerprint density at radius 1 is 1.19 bits per heavy atom. The number of halogens is 2. The third-order valence-electron chi connectivity index (χ3n) is 2.90. The molecule has 6 heteroatoms. The molecule has 0 aliphatic carbocycles. The summed E-state index contributed by atoms with van der Waals surface area (Å²) in [5.74, 6) is -2.28. The number of rotatable bonds is 3. The fourth-order valence-electron chi connectivity index (χ4n) is 1.80. The summed E-state index contributed by atoms with van der Waals surface area (Å²) in [6.45, 7) is 1.67. The first-order valence-corrected chi connectivity index (χ1v) is 6.78. The lowest BCUT2D eigenvalue weighted by molar-refractivity contribution is 0.0696. The van der Waals surface area contributed by atoms with E-state index in [0.29, 0.717) is 15.7 Å². The Balaban J connectivity index is 2.25. The Morgan fingerprint density at radius 2 is 1.90 bits per heavy atom. The zero-order chi connectivity index (χ0) is 15.6. The van der Waals surface area contributed by atoms with E-state index in [4.69, 9.17) is 5.11 Å². The molecule has 0 heterocycles. The van der Waals surface area contributed by atoms with Crippen molar-refractivity contribution in [2.24, 2.45) is 0 Å². The molecule has 4 nitrogen and oxygen atoms in total. The lowest BCUT2D eigenvalue weighted by Gasteiger charge is -2.10. The van der Waals surface area contributed by atoms with Crippen LogP contribution in [-0.4, -0.2) is 17.0 Å². The number of benzene rings is 2. The van der Waals surface area contributed by atoms with Gasteiger partial charge < -0.3 is 10.4 Å². The van der Waals surface area contributed by atoms with Crippen LogP contribution in [-0.2, 0) is 0 Å². The lowest BCUT2D eigenvalue weighted by Crippen LogP contribution is -2.14. The molecule has 0 radical (unpaired) electrons. The minimum atomic E-state index is -1.05. The van der Waals surface area contributed by atoms with Gasteiger partial charge in [0.05, 0.1) is 11.1 Å². The van der Waals surface area contributed by atoms with Crippen LogP contribution in [0.4, 0.5) is 10.1 Å². The summed E-state index contributed by atoms with van der Waals surface area (Å²) < 4.78 is 14.2. The van der Waals surface area contributed by atoms with Gasteiger partial charge in [0.2, 0.25) is 0 Å². The van der Waals surface area contributed by atoms with E-state index in [0.717, 1.165) is 0 Å². The summed E-state index contributed by atoms with van der Waals surface area (Å²) in [5.41, 5.74) is 1.06. The maximum atomic E-state index is 13.7. The Bertz CT molecular complexity index is 731. The van der Waals surface area contributed by atoms with Crippen molar-refractivity contribution in [3.05, 3.63) is 63.4 Å². The fraction of sp³-hybridized carbons (Fsp3) is 0.0667. The average molecular weight is 352 g/mol. The third kappa shape index (κ3) is 3.46. The highest BCUT2D eigenvalue weighted by atomic mass is 79.9. The minimum absolute atomic E-state index is 0.0834. The van der Waals surface area contributed by atoms with Gasteiger partial charge in [0.1, 0.15) is 5.82 Å². The number of hydrogen-bond donors (Lipinski definition) is 2. The molecule has 2 aromatic carbocycles. The van der Waals surface area contributed by atoms with Gasteiger partial charge in [-0.2, -0.15) is 0 Å². The molecular weight excluding hydrogens is 341 g/mol. The van der Waals surface area contributed by atoms with Crippen molar-refractivity contribution in [1.82, 2.24) is 0 Å². The quantitative estimate of drug-likeness (QED) is 0.882. The smallest absolute Gasteiger partial charge is 0.335 e. The van der Waals surface area contributed by atoms with Crippen molar-refractivity contribution >= 4 is 33.5 Å². The second-order valence-corrected chi connectivity index (χ2v) is 5.33. The second-order valence-electron chi connectivity index (χ2n) is 4.41. The maximum Gasteiger partial charge on any atom is 0.335 e. The van der Waals surface area contributed by atoms with Crippen molar-refractivity contribution in [1.29, 1.82) is 0 Å². The molecular formula is C15H11BrFNO3. The zero-order valence-corrected chi connectivity index (χ0v) is 12.6. The standard InChI is InChI=1S/C15H11BrFNO3/c1-8-6-9(15(20)21)2-5-13(8)18-14(19)11-4-3-10(16)7-12(11)17/h2-7H,1H3,(H,18,19)(H,20,21). The van der Waals surface area contributed by atoms with Crippen molar-refractivity contribution in [2.75, 3.05) is 5.32 Å². The summed E-state index contributed by atoms with van der Waals surface area (Å²) in [4.78, 5) is 22.9. The molecule has 0 saturated carbocycles. The first kappa shape index (κ1) is 15.2. The molecule has 0 bridgehead atoms. The monoisotopic (exact) mass is 351 g/mol. The molecule has 0 spiro atoms. The predicted octanol–water partition coefficient (Wildman–Crippen LogP) is 3.85. The zero-order valence-electron chi connectivity index (χ0n) is 11.0. The van der Waals surface area contributed by atoms with Crippen LogP contribution in [0.25, 0.3) is 0 Å². The molecule has 2 aromatic rings. The highest BCUT2D eigenvalue weighted by molar-refractivity contribution is 9.10. The van der Waals surface area contributed by atoms with E-state index < -0.39 is 17.7 Å². The van der Waals surface area contributed by atoms with Gasteiger partial charge in [-0.05, 0) is 48.9 Å². The van der Waals surface area contributed by atoms with Gasteiger partial charge >= 0.3 is 5.97 Å². The Labute approximate surface area is 128 Å². The van der Waals surface area contributed by atoms with Gasteiger partial charge in [-0.1, -0.05) is 15.9 Å². The Hall–Kier alpha value is -2.21. The number of carbonyl (C=O) groups is 2. The second kappa shape index (κ2) is 6.05. The molecule has 0 unspecified atom stereocenters. The maximum absolute atomic E-state index is 13.7. The highest BCUT2D eigenvalue weighted by Gasteiger charge is 2.14. The predicted molar refractivity (Wildman–Crippen MR) is 80.2 cm³/mol. The van der Waals surface area contributed by atoms with E-state index in [-0.39, 0.29) is 11.1 Å². The van der Waals surface area contributed by atoms with Crippen molar-refractivity contribution < 1.29 is 19.1 Å². The molecule has 0 aromatic heterocycles. The van der Waals surface area contributed by atoms with Gasteiger partial charge in [-0.15, -0.1) is 0 Å². The Morgan fingerprint density at radius 3 is 2.48 bits per heavy atom. The van der Waals surface area contributed by atoms with E-state index in [1.807, 2.05) is 0 Å². The molecule has 2 N–H and O–H groups in total. The highest BCUT2D eigenvalue weighted by Crippen LogP contribution is 2.20. The van der Waals surface area contributed by atoms with Crippen molar-refractivity contribution in [3.63, 3.8) is 0 Å². The molecule has 0 saturated heterocycles. The molecule has 21 heavy (non-hydrogen) atoms. The number of aromatic carboxylic acids is 1. The average Bonchev–Trinajstić information content (AvgIpc) is 2.40. The van der Waals surface area contributed by atoms with Crippen molar-refractivity contribution in [3.8, 4) is 0 Å². The van der Waals surface area contributed by atoms with Crippen LogP contribution in [0.1, 0.15) is 26.3 Å². The van der Waals surface area contributed by atoms with Crippen LogP contribution in [0.15, 0.2) is 40.9 Å². The van der Waals surface area contributed by atoms with Crippen LogP contribution in [0, 0.1) is 12.7 Å². The SMILES string of the molecule is Cc1cc(C(=O)O)ccc1NC(=O)c1ccc(Br)cc1F. The molecule has 0 aliphatic rings. The van der Waals surface area contributed by atoms with E-state index in [1.165, 1.54) is 30.3 Å². The van der Waals surface area contributed by atoms with Crippen LogP contribution < -0.4 is 5.32 Å². The topological polar surface area (TPSA) is 66.4 Å². The summed E-state index contributed by atoms with van der Waals surface area (Å²) in [6, 6.07) is 8.44. The lowest BCUT2D eigenvalue weighted by atomic mass is 10.1. The summed E-state index contributed by atoms with van der Waals surface area (Å²) >= 11 is 3.12. The molecule has 2 rings (SSSR count). The molecule has 0 fully saturated rings. The summed E-state index contributed by atoms with van der Waals surface area (Å²) in [6.07, 6.45) is 0. The number of amides is 1. The number of carboxylic acid groups (broad SMARTS) is 1. The molecule has 0 aliphatic heterocycles. The number of nitrogens with one attached hydrogen (secondary N) is 1.